The third kappa shape index (κ3) is 3.44. The maximum atomic E-state index is 13.4. The van der Waals surface area contributed by atoms with Gasteiger partial charge in [-0.2, -0.15) is 5.10 Å². The van der Waals surface area contributed by atoms with Crippen molar-refractivity contribution in [1.82, 2.24) is 24.8 Å². The molecule has 2 N–H and O–H groups in total. The first-order valence-electron chi connectivity index (χ1n) is 10.4. The molecular weight excluding hydrogens is 418 g/mol. The first-order chi connectivity index (χ1) is 14.9. The number of nitrogens with zero attached hydrogens (tertiary/aromatic N) is 4. The lowest BCUT2D eigenvalue weighted by molar-refractivity contribution is 0.0154. The van der Waals surface area contributed by atoms with E-state index in [-0.39, 0.29) is 12.0 Å². The van der Waals surface area contributed by atoms with Crippen molar-refractivity contribution >= 4 is 23.2 Å². The summed E-state index contributed by atoms with van der Waals surface area (Å²) in [4.78, 5) is 19.7. The van der Waals surface area contributed by atoms with Gasteiger partial charge in [-0.05, 0) is 38.9 Å². The number of hydrogen-bond donors (Lipinski definition) is 2. The molecule has 1 fully saturated rings. The molecule has 8 nitrogen and oxygen atoms in total. The zero-order valence-corrected chi connectivity index (χ0v) is 18.2. The summed E-state index contributed by atoms with van der Waals surface area (Å²) in [5.74, 6) is 0.367. The fraction of sp³-hybridized carbons (Fsp3) is 0.409. The molecule has 2 aliphatic heterocycles. The Hall–Kier alpha value is -2.68. The predicted molar refractivity (Wildman–Crippen MR) is 115 cm³/mol. The molecule has 2 aromatic heterocycles. The Bertz CT molecular complexity index is 1180. The minimum absolute atomic E-state index is 0.127. The van der Waals surface area contributed by atoms with Crippen LogP contribution in [0.4, 0.5) is 0 Å². The Morgan fingerprint density at radius 1 is 1.29 bits per heavy atom. The van der Waals surface area contributed by atoms with Gasteiger partial charge in [-0.15, -0.1) is 0 Å². The lowest BCUT2D eigenvalue weighted by atomic mass is 10.1. The van der Waals surface area contributed by atoms with E-state index in [4.69, 9.17) is 16.3 Å². The molecule has 3 aromatic rings. The maximum Gasteiger partial charge on any atom is 0.258 e. The van der Waals surface area contributed by atoms with Gasteiger partial charge in [-0.1, -0.05) is 23.7 Å². The number of halogens is 1. The summed E-state index contributed by atoms with van der Waals surface area (Å²) >= 11 is 6.32. The van der Waals surface area contributed by atoms with Gasteiger partial charge in [0.1, 0.15) is 18.0 Å². The average Bonchev–Trinajstić information content (AvgIpc) is 3.33. The Kier molecular flexibility index (Phi) is 5.08. The summed E-state index contributed by atoms with van der Waals surface area (Å²) in [6.45, 7) is 5.87. The summed E-state index contributed by atoms with van der Waals surface area (Å²) in [7, 11) is 0. The molecule has 1 amide bonds. The molecule has 5 rings (SSSR count). The third-order valence-electron chi connectivity index (χ3n) is 6.03. The lowest BCUT2D eigenvalue weighted by Crippen LogP contribution is -2.46. The molecule has 1 aromatic carbocycles. The molecule has 2 atom stereocenters. The summed E-state index contributed by atoms with van der Waals surface area (Å²) in [6.07, 6.45) is -0.260. The van der Waals surface area contributed by atoms with Gasteiger partial charge >= 0.3 is 0 Å². The van der Waals surface area contributed by atoms with E-state index in [1.807, 2.05) is 26.0 Å². The normalized spacial score (nSPS) is 20.8. The zero-order chi connectivity index (χ0) is 21.7. The molecule has 1 saturated heterocycles. The number of aromatic nitrogens is 3. The van der Waals surface area contributed by atoms with E-state index in [9.17, 15) is 9.90 Å². The second kappa shape index (κ2) is 7.78. The van der Waals surface area contributed by atoms with Crippen LogP contribution in [0.15, 0.2) is 24.3 Å². The molecule has 0 bridgehead atoms. The van der Waals surface area contributed by atoms with Crippen molar-refractivity contribution in [1.29, 1.82) is 0 Å². The molecule has 2 aliphatic rings. The molecule has 1 unspecified atom stereocenters. The Morgan fingerprint density at radius 3 is 2.90 bits per heavy atom. The molecule has 9 heteroatoms. The van der Waals surface area contributed by atoms with Gasteiger partial charge in [0, 0.05) is 12.1 Å². The highest BCUT2D eigenvalue weighted by Crippen LogP contribution is 2.31. The van der Waals surface area contributed by atoms with E-state index in [1.54, 1.807) is 21.5 Å². The average molecular weight is 442 g/mol. The van der Waals surface area contributed by atoms with E-state index in [1.165, 1.54) is 0 Å². The van der Waals surface area contributed by atoms with Crippen molar-refractivity contribution in [3.63, 3.8) is 0 Å². The standard InChI is InChI=1S/C22H24ClN5O3/c1-12-20(23)13(2)28-21(25-12)15-10-27(11-16(15)26-28)22(30)14-5-3-4-6-18(14)31-19-7-8-24-9-17(19)29/h3-6,17,19,24,29H,7-11H2,1-2H3/t17?,19-/m0/s1. The number of hydrogen-bond acceptors (Lipinski definition) is 6. The highest BCUT2D eigenvalue weighted by molar-refractivity contribution is 6.31. The highest BCUT2D eigenvalue weighted by Gasteiger charge is 2.32. The quantitative estimate of drug-likeness (QED) is 0.647. The molecule has 0 spiro atoms. The number of fused-ring (bicyclic) bond motifs is 3. The van der Waals surface area contributed by atoms with E-state index in [0.29, 0.717) is 42.4 Å². The van der Waals surface area contributed by atoms with Crippen LogP contribution in [-0.4, -0.2) is 55.8 Å². The Balaban J connectivity index is 1.41. The number of aliphatic hydroxyl groups is 1. The van der Waals surface area contributed by atoms with Gasteiger partial charge in [-0.3, -0.25) is 4.79 Å². The number of piperidine rings is 1. The van der Waals surface area contributed by atoms with Crippen LogP contribution >= 0.6 is 11.6 Å². The van der Waals surface area contributed by atoms with E-state index in [0.717, 1.165) is 34.8 Å². The first-order valence-corrected chi connectivity index (χ1v) is 10.8. The van der Waals surface area contributed by atoms with Crippen LogP contribution < -0.4 is 10.1 Å². The van der Waals surface area contributed by atoms with Gasteiger partial charge in [0.25, 0.3) is 5.91 Å². The summed E-state index contributed by atoms with van der Waals surface area (Å²) in [5.41, 5.74) is 4.60. The van der Waals surface area contributed by atoms with Crippen molar-refractivity contribution in [3.8, 4) is 5.75 Å². The van der Waals surface area contributed by atoms with Crippen LogP contribution in [0.1, 0.15) is 39.4 Å². The SMILES string of the molecule is Cc1nc2c3c(nn2c(C)c1Cl)CN(C(=O)c1ccccc1O[C@H]1CCNCC1O)C3. The van der Waals surface area contributed by atoms with Crippen LogP contribution in [0.5, 0.6) is 5.75 Å². The minimum Gasteiger partial charge on any atom is -0.487 e. The second-order valence-corrected chi connectivity index (χ2v) is 8.51. The number of aliphatic hydroxyl groups excluding tert-OH is 1. The van der Waals surface area contributed by atoms with Crippen molar-refractivity contribution in [3.05, 3.63) is 57.5 Å². The topological polar surface area (TPSA) is 92.0 Å². The zero-order valence-electron chi connectivity index (χ0n) is 17.4. The summed E-state index contributed by atoms with van der Waals surface area (Å²) in [5, 5.41) is 18.6. The van der Waals surface area contributed by atoms with Crippen molar-refractivity contribution in [2.45, 2.75) is 45.6 Å². The summed E-state index contributed by atoms with van der Waals surface area (Å²) in [6, 6.07) is 7.21. The molecule has 0 radical (unpaired) electrons. The lowest BCUT2D eigenvalue weighted by Gasteiger charge is -2.29. The van der Waals surface area contributed by atoms with Crippen molar-refractivity contribution in [2.75, 3.05) is 13.1 Å². The van der Waals surface area contributed by atoms with Crippen LogP contribution in [0.2, 0.25) is 5.02 Å². The van der Waals surface area contributed by atoms with Crippen LogP contribution in [0.25, 0.3) is 5.65 Å². The fourth-order valence-electron chi connectivity index (χ4n) is 4.29. The summed E-state index contributed by atoms with van der Waals surface area (Å²) < 4.78 is 7.83. The molecule has 4 heterocycles. The Labute approximate surface area is 184 Å². The monoisotopic (exact) mass is 441 g/mol. The minimum atomic E-state index is -0.606. The van der Waals surface area contributed by atoms with E-state index >= 15 is 0 Å². The molecule has 162 valence electrons. The number of rotatable bonds is 3. The number of aryl methyl sites for hydroxylation is 2. The number of para-hydroxylation sites is 1. The van der Waals surface area contributed by atoms with Gasteiger partial charge in [0.05, 0.1) is 40.8 Å². The van der Waals surface area contributed by atoms with Crippen LogP contribution in [0, 0.1) is 13.8 Å². The van der Waals surface area contributed by atoms with Gasteiger partial charge in [0.15, 0.2) is 5.65 Å². The largest absolute Gasteiger partial charge is 0.487 e. The maximum absolute atomic E-state index is 13.4. The van der Waals surface area contributed by atoms with Crippen LogP contribution in [-0.2, 0) is 13.1 Å². The smallest absolute Gasteiger partial charge is 0.258 e. The number of carbonyl (C=O) groups is 1. The van der Waals surface area contributed by atoms with E-state index < -0.39 is 6.10 Å². The van der Waals surface area contributed by atoms with Gasteiger partial charge in [0.2, 0.25) is 0 Å². The number of benzene rings is 1. The van der Waals surface area contributed by atoms with Gasteiger partial charge in [-0.25, -0.2) is 9.50 Å². The number of carbonyl (C=O) groups excluding carboxylic acids is 1. The number of β-amino-alcohol motifs (C(OH)–C–C–N with tert-alkyl or cyclic N) is 1. The van der Waals surface area contributed by atoms with Crippen molar-refractivity contribution in [2.24, 2.45) is 0 Å². The predicted octanol–water partition coefficient (Wildman–Crippen LogP) is 2.26. The van der Waals surface area contributed by atoms with E-state index in [2.05, 4.69) is 15.4 Å². The second-order valence-electron chi connectivity index (χ2n) is 8.13. The van der Waals surface area contributed by atoms with Gasteiger partial charge < -0.3 is 20.1 Å². The molecule has 0 aliphatic carbocycles. The molecular formula is C22H24ClN5O3. The van der Waals surface area contributed by atoms with Crippen molar-refractivity contribution < 1.29 is 14.6 Å². The molecule has 31 heavy (non-hydrogen) atoms. The number of nitrogens with one attached hydrogen (secondary N) is 1. The highest BCUT2D eigenvalue weighted by atomic mass is 35.5. The first kappa shape index (κ1) is 20.2. The third-order valence-corrected chi connectivity index (χ3v) is 6.57. The molecule has 0 saturated carbocycles. The fourth-order valence-corrected chi connectivity index (χ4v) is 4.41. The Morgan fingerprint density at radius 2 is 2.10 bits per heavy atom. The number of amides is 1. The van der Waals surface area contributed by atoms with Crippen LogP contribution in [0.3, 0.4) is 0 Å². The number of ether oxygens (including phenoxy) is 1.